The summed E-state index contributed by atoms with van der Waals surface area (Å²) in [4.78, 5) is 18.4. The van der Waals surface area contributed by atoms with Gasteiger partial charge in [-0.25, -0.2) is 4.98 Å². The predicted octanol–water partition coefficient (Wildman–Crippen LogP) is 5.54. The Hall–Kier alpha value is -2.60. The molecule has 5 rings (SSSR count). The summed E-state index contributed by atoms with van der Waals surface area (Å²) in [6, 6.07) is 10.3. The smallest absolute Gasteiger partial charge is 0.231 e. The average molecular weight is 391 g/mol. The van der Waals surface area contributed by atoms with Gasteiger partial charge in [0.05, 0.1) is 15.9 Å². The lowest BCUT2D eigenvalue weighted by atomic mass is 9.91. The number of anilines is 1. The fraction of sp³-hybridized carbons (Fsp3) is 0.364. The number of azo groups is 1. The van der Waals surface area contributed by atoms with Crippen LogP contribution >= 0.6 is 11.3 Å². The SMILES string of the molecule is CC(=O)Cc1ccc2nc(/N=N/c3cc4c5c(c3)CCCN5CCC4)sc2c1. The van der Waals surface area contributed by atoms with Gasteiger partial charge in [0.25, 0.3) is 0 Å². The van der Waals surface area contributed by atoms with Crippen LogP contribution in [0, 0.1) is 0 Å². The minimum atomic E-state index is 0.165. The van der Waals surface area contributed by atoms with E-state index in [-0.39, 0.29) is 5.78 Å². The average Bonchev–Trinajstić information content (AvgIpc) is 3.08. The van der Waals surface area contributed by atoms with Gasteiger partial charge in [-0.2, -0.15) is 0 Å². The number of fused-ring (bicyclic) bond motifs is 1. The van der Waals surface area contributed by atoms with Gasteiger partial charge in [0, 0.05) is 25.2 Å². The number of thiazole rings is 1. The zero-order chi connectivity index (χ0) is 19.1. The molecule has 6 heteroatoms. The summed E-state index contributed by atoms with van der Waals surface area (Å²) in [5.41, 5.74) is 7.13. The number of hydrogen-bond acceptors (Lipinski definition) is 6. The molecule has 0 aliphatic carbocycles. The minimum Gasteiger partial charge on any atom is -0.371 e. The molecular weight excluding hydrogens is 368 g/mol. The third-order valence-corrected chi connectivity index (χ3v) is 6.37. The van der Waals surface area contributed by atoms with Gasteiger partial charge in [-0.05, 0) is 73.6 Å². The second kappa shape index (κ2) is 7.09. The molecule has 0 fully saturated rings. The highest BCUT2D eigenvalue weighted by Gasteiger charge is 2.24. The Bertz CT molecular complexity index is 1070. The Labute approximate surface area is 168 Å². The predicted molar refractivity (Wildman–Crippen MR) is 113 cm³/mol. The fourth-order valence-corrected chi connectivity index (χ4v) is 5.19. The van der Waals surface area contributed by atoms with E-state index in [2.05, 4.69) is 32.2 Å². The first-order chi connectivity index (χ1) is 13.7. The van der Waals surface area contributed by atoms with Gasteiger partial charge in [0.2, 0.25) is 5.13 Å². The second-order valence-corrected chi connectivity index (χ2v) is 8.69. The van der Waals surface area contributed by atoms with Crippen molar-refractivity contribution >= 4 is 43.8 Å². The molecule has 0 unspecified atom stereocenters. The summed E-state index contributed by atoms with van der Waals surface area (Å²) >= 11 is 1.52. The Kier molecular flexibility index (Phi) is 4.43. The third kappa shape index (κ3) is 3.33. The number of rotatable bonds is 4. The summed E-state index contributed by atoms with van der Waals surface area (Å²) in [6.45, 7) is 3.97. The van der Waals surface area contributed by atoms with Gasteiger partial charge in [-0.3, -0.25) is 4.79 Å². The second-order valence-electron chi connectivity index (χ2n) is 7.68. The van der Waals surface area contributed by atoms with Crippen LogP contribution in [-0.4, -0.2) is 23.9 Å². The van der Waals surface area contributed by atoms with E-state index < -0.39 is 0 Å². The van der Waals surface area contributed by atoms with Gasteiger partial charge in [-0.1, -0.05) is 17.4 Å². The minimum absolute atomic E-state index is 0.165. The number of carbonyl (C=O) groups is 1. The van der Waals surface area contributed by atoms with Gasteiger partial charge < -0.3 is 4.90 Å². The molecule has 2 aliphatic heterocycles. The lowest BCUT2D eigenvalue weighted by Gasteiger charge is -2.36. The van der Waals surface area contributed by atoms with Crippen molar-refractivity contribution in [3.05, 3.63) is 47.0 Å². The Morgan fingerprint density at radius 1 is 1.11 bits per heavy atom. The highest BCUT2D eigenvalue weighted by molar-refractivity contribution is 7.21. The number of aryl methyl sites for hydroxylation is 2. The van der Waals surface area contributed by atoms with E-state index in [1.54, 1.807) is 6.92 Å². The van der Waals surface area contributed by atoms with Crippen LogP contribution in [0.2, 0.25) is 0 Å². The van der Waals surface area contributed by atoms with Crippen LogP contribution in [0.25, 0.3) is 10.2 Å². The maximum Gasteiger partial charge on any atom is 0.231 e. The number of nitrogens with zero attached hydrogens (tertiary/aromatic N) is 4. The Morgan fingerprint density at radius 3 is 2.57 bits per heavy atom. The number of hydrogen-bond donors (Lipinski definition) is 0. The molecule has 0 radical (unpaired) electrons. The van der Waals surface area contributed by atoms with Gasteiger partial charge in [0.1, 0.15) is 5.78 Å². The fourth-order valence-electron chi connectivity index (χ4n) is 4.34. The van der Waals surface area contributed by atoms with Gasteiger partial charge >= 0.3 is 0 Å². The van der Waals surface area contributed by atoms with E-state index >= 15 is 0 Å². The van der Waals surface area contributed by atoms with Crippen LogP contribution in [0.3, 0.4) is 0 Å². The van der Waals surface area contributed by atoms with E-state index in [1.807, 2.05) is 18.2 Å². The van der Waals surface area contributed by atoms with Crippen molar-refractivity contribution in [1.29, 1.82) is 0 Å². The molecule has 0 saturated heterocycles. The Morgan fingerprint density at radius 2 is 1.86 bits per heavy atom. The summed E-state index contributed by atoms with van der Waals surface area (Å²) in [5, 5.41) is 9.58. The van der Waals surface area contributed by atoms with Crippen molar-refractivity contribution in [3.63, 3.8) is 0 Å². The molecule has 0 amide bonds. The zero-order valence-electron chi connectivity index (χ0n) is 15.9. The van der Waals surface area contributed by atoms with Crippen molar-refractivity contribution in [3.8, 4) is 0 Å². The van der Waals surface area contributed by atoms with Crippen LogP contribution in [0.4, 0.5) is 16.5 Å². The summed E-state index contributed by atoms with van der Waals surface area (Å²) < 4.78 is 1.05. The van der Waals surface area contributed by atoms with Gasteiger partial charge in [0.15, 0.2) is 0 Å². The summed E-state index contributed by atoms with van der Waals surface area (Å²) in [6.07, 6.45) is 5.14. The van der Waals surface area contributed by atoms with Crippen molar-refractivity contribution in [1.82, 2.24) is 4.98 Å². The summed E-state index contributed by atoms with van der Waals surface area (Å²) in [5.74, 6) is 0.165. The van der Waals surface area contributed by atoms with Crippen molar-refractivity contribution in [2.75, 3.05) is 18.0 Å². The molecule has 0 N–H and O–H groups in total. The Balaban J connectivity index is 1.44. The zero-order valence-corrected chi connectivity index (χ0v) is 16.8. The molecular formula is C22H22N4OS. The maximum absolute atomic E-state index is 11.3. The number of benzene rings is 2. The third-order valence-electron chi connectivity index (χ3n) is 5.46. The molecule has 3 heterocycles. The molecule has 1 aromatic heterocycles. The van der Waals surface area contributed by atoms with E-state index in [0.717, 1.165) is 34.3 Å². The highest BCUT2D eigenvalue weighted by Crippen LogP contribution is 2.38. The molecule has 3 aromatic rings. The standard InChI is InChI=1S/C22H22N4OS/c1-14(27)10-15-6-7-19-20(11-15)28-22(23-19)25-24-18-12-16-4-2-8-26-9-3-5-17(13-18)21(16)26/h6-7,11-13H,2-5,8-10H2,1H3/b25-24+. The molecule has 5 nitrogen and oxygen atoms in total. The lowest BCUT2D eigenvalue weighted by molar-refractivity contribution is -0.116. The number of ketones is 1. The van der Waals surface area contributed by atoms with Crippen LogP contribution in [-0.2, 0) is 24.1 Å². The first kappa shape index (κ1) is 17.5. The largest absolute Gasteiger partial charge is 0.371 e. The monoisotopic (exact) mass is 390 g/mol. The molecule has 0 bridgehead atoms. The van der Waals surface area contributed by atoms with Crippen molar-refractivity contribution in [2.45, 2.75) is 39.0 Å². The van der Waals surface area contributed by atoms with Gasteiger partial charge in [-0.15, -0.1) is 10.2 Å². The van der Waals surface area contributed by atoms with E-state index in [4.69, 9.17) is 0 Å². The highest BCUT2D eigenvalue weighted by atomic mass is 32.1. The van der Waals surface area contributed by atoms with Crippen molar-refractivity contribution < 1.29 is 4.79 Å². The molecule has 0 spiro atoms. The van der Waals surface area contributed by atoms with Crippen LogP contribution in [0.15, 0.2) is 40.6 Å². The maximum atomic E-state index is 11.3. The molecule has 28 heavy (non-hydrogen) atoms. The first-order valence-corrected chi connectivity index (χ1v) is 10.7. The number of aromatic nitrogens is 1. The molecule has 142 valence electrons. The van der Waals surface area contributed by atoms with Crippen LogP contribution in [0.1, 0.15) is 36.5 Å². The number of Topliss-reactive ketones (excluding diaryl/α,β-unsaturated/α-hetero) is 1. The molecule has 0 atom stereocenters. The number of carbonyl (C=O) groups excluding carboxylic acids is 1. The van der Waals surface area contributed by atoms with E-state index in [0.29, 0.717) is 11.6 Å². The molecule has 2 aromatic carbocycles. The van der Waals surface area contributed by atoms with Crippen LogP contribution in [0.5, 0.6) is 0 Å². The van der Waals surface area contributed by atoms with E-state index in [9.17, 15) is 4.79 Å². The first-order valence-electron chi connectivity index (χ1n) is 9.87. The topological polar surface area (TPSA) is 57.9 Å². The van der Waals surface area contributed by atoms with E-state index in [1.165, 1.54) is 54.1 Å². The summed E-state index contributed by atoms with van der Waals surface area (Å²) in [7, 11) is 0. The quantitative estimate of drug-likeness (QED) is 0.549. The van der Waals surface area contributed by atoms with Crippen molar-refractivity contribution in [2.24, 2.45) is 10.2 Å². The molecule has 2 aliphatic rings. The lowest BCUT2D eigenvalue weighted by Crippen LogP contribution is -2.34. The normalized spacial score (nSPS) is 16.0. The molecule has 0 saturated carbocycles. The van der Waals surface area contributed by atoms with Crippen LogP contribution < -0.4 is 4.90 Å².